The Morgan fingerprint density at radius 1 is 1.45 bits per heavy atom. The van der Waals surface area contributed by atoms with Gasteiger partial charge < -0.3 is 5.32 Å². The number of nitrogens with zero attached hydrogens (tertiary/aromatic N) is 3. The molecule has 4 nitrogen and oxygen atoms in total. The fraction of sp³-hybridized carbons (Fsp3) is 0.571. The van der Waals surface area contributed by atoms with Crippen LogP contribution in [0.4, 0.5) is 0 Å². The molecule has 110 valence electrons. The van der Waals surface area contributed by atoms with Crippen molar-refractivity contribution in [3.05, 3.63) is 32.4 Å². The maximum absolute atomic E-state index is 4.66. The van der Waals surface area contributed by atoms with E-state index in [1.807, 2.05) is 13.1 Å². The smallest absolute Gasteiger partial charge is 0.0942 e. The third-order valence-corrected chi connectivity index (χ3v) is 4.48. The second kappa shape index (κ2) is 6.83. The molecule has 2 aromatic rings. The molecule has 0 aliphatic heterocycles. The summed E-state index contributed by atoms with van der Waals surface area (Å²) >= 11 is 5.32. The molecule has 0 aliphatic carbocycles. The second-order valence-electron chi connectivity index (χ2n) is 5.09. The van der Waals surface area contributed by atoms with Gasteiger partial charge in [0.1, 0.15) is 0 Å². The number of nitrogens with one attached hydrogen (secondary N) is 1. The summed E-state index contributed by atoms with van der Waals surface area (Å²) in [5.41, 5.74) is 2.22. The van der Waals surface area contributed by atoms with Gasteiger partial charge in [-0.1, -0.05) is 6.92 Å². The van der Waals surface area contributed by atoms with E-state index in [0.29, 0.717) is 6.04 Å². The molecule has 1 unspecified atom stereocenters. The van der Waals surface area contributed by atoms with Crippen molar-refractivity contribution in [3.8, 4) is 0 Å². The molecule has 0 bridgehead atoms. The summed E-state index contributed by atoms with van der Waals surface area (Å²) < 4.78 is 3.09. The molecule has 0 amide bonds. The van der Waals surface area contributed by atoms with E-state index in [4.69, 9.17) is 0 Å². The van der Waals surface area contributed by atoms with Crippen LogP contribution in [-0.4, -0.2) is 21.3 Å². The molecule has 1 N–H and O–H groups in total. The molecule has 0 spiro atoms. The van der Waals surface area contributed by atoms with Crippen LogP contribution < -0.4 is 5.32 Å². The third-order valence-electron chi connectivity index (χ3n) is 3.08. The number of thiazole rings is 1. The van der Waals surface area contributed by atoms with Gasteiger partial charge in [-0.05, 0) is 49.7 Å². The Balaban J connectivity index is 2.43. The zero-order valence-corrected chi connectivity index (χ0v) is 14.8. The number of hydrogen-bond donors (Lipinski definition) is 1. The van der Waals surface area contributed by atoms with Gasteiger partial charge in [0.05, 0.1) is 33.1 Å². The van der Waals surface area contributed by atoms with Gasteiger partial charge in [0.2, 0.25) is 0 Å². The first-order valence-electron chi connectivity index (χ1n) is 6.92. The molecule has 0 saturated heterocycles. The van der Waals surface area contributed by atoms with Crippen LogP contribution in [-0.2, 0) is 0 Å². The van der Waals surface area contributed by atoms with E-state index in [0.717, 1.165) is 33.8 Å². The Morgan fingerprint density at radius 3 is 2.75 bits per heavy atom. The molecular weight excluding hydrogens is 336 g/mol. The minimum Gasteiger partial charge on any atom is -0.304 e. The lowest BCUT2D eigenvalue weighted by Crippen LogP contribution is -2.27. The van der Waals surface area contributed by atoms with Crippen LogP contribution in [0.2, 0.25) is 0 Å². The minimum atomic E-state index is 0.0826. The van der Waals surface area contributed by atoms with Crippen molar-refractivity contribution < 1.29 is 0 Å². The lowest BCUT2D eigenvalue weighted by Gasteiger charge is -2.21. The Morgan fingerprint density at radius 2 is 2.20 bits per heavy atom. The van der Waals surface area contributed by atoms with Crippen molar-refractivity contribution in [2.45, 2.75) is 46.2 Å². The zero-order valence-electron chi connectivity index (χ0n) is 12.4. The van der Waals surface area contributed by atoms with Crippen LogP contribution in [0.25, 0.3) is 0 Å². The quantitative estimate of drug-likeness (QED) is 0.847. The van der Waals surface area contributed by atoms with Crippen molar-refractivity contribution in [3.63, 3.8) is 0 Å². The first-order chi connectivity index (χ1) is 9.54. The topological polar surface area (TPSA) is 42.7 Å². The van der Waals surface area contributed by atoms with Crippen molar-refractivity contribution in [1.29, 1.82) is 0 Å². The predicted octanol–water partition coefficient (Wildman–Crippen LogP) is 4.08. The molecule has 2 heterocycles. The molecule has 0 fully saturated rings. The number of aryl methyl sites for hydroxylation is 1. The molecule has 0 radical (unpaired) electrons. The zero-order chi connectivity index (χ0) is 14.7. The Hall–Kier alpha value is -0.720. The van der Waals surface area contributed by atoms with Gasteiger partial charge in [0.25, 0.3) is 0 Å². The molecule has 20 heavy (non-hydrogen) atoms. The van der Waals surface area contributed by atoms with Gasteiger partial charge in [-0.25, -0.2) is 4.98 Å². The fourth-order valence-corrected chi connectivity index (χ4v) is 3.32. The normalized spacial score (nSPS) is 13.1. The number of rotatable bonds is 6. The monoisotopic (exact) mass is 356 g/mol. The molecule has 6 heteroatoms. The number of hydrogen-bond acceptors (Lipinski definition) is 4. The Labute approximate surface area is 132 Å². The van der Waals surface area contributed by atoms with E-state index in [1.54, 1.807) is 11.3 Å². The molecule has 2 rings (SSSR count). The maximum Gasteiger partial charge on any atom is 0.0942 e. The van der Waals surface area contributed by atoms with Crippen molar-refractivity contribution in [2.24, 2.45) is 0 Å². The average Bonchev–Trinajstić information content (AvgIpc) is 2.98. The average molecular weight is 357 g/mol. The minimum absolute atomic E-state index is 0.0826. The summed E-state index contributed by atoms with van der Waals surface area (Å²) in [6, 6.07) is 0.404. The highest BCUT2D eigenvalue weighted by Crippen LogP contribution is 2.31. The Kier molecular flexibility index (Phi) is 5.35. The van der Waals surface area contributed by atoms with Crippen LogP contribution in [0.3, 0.4) is 0 Å². The van der Waals surface area contributed by atoms with Crippen molar-refractivity contribution in [1.82, 2.24) is 20.1 Å². The van der Waals surface area contributed by atoms with Crippen LogP contribution in [0.5, 0.6) is 0 Å². The summed E-state index contributed by atoms with van der Waals surface area (Å²) in [7, 11) is 0. The largest absolute Gasteiger partial charge is 0.304 e. The van der Waals surface area contributed by atoms with Gasteiger partial charge in [-0.3, -0.25) is 4.68 Å². The maximum atomic E-state index is 4.66. The van der Waals surface area contributed by atoms with E-state index in [1.165, 1.54) is 0 Å². The summed E-state index contributed by atoms with van der Waals surface area (Å²) in [5, 5.41) is 11.3. The van der Waals surface area contributed by atoms with Crippen LogP contribution in [0.15, 0.2) is 16.0 Å². The highest BCUT2D eigenvalue weighted by Gasteiger charge is 2.24. The fourth-order valence-electron chi connectivity index (χ4n) is 2.18. The number of halogens is 1. The second-order valence-corrected chi connectivity index (χ2v) is 7.01. The third kappa shape index (κ3) is 3.30. The number of aromatic nitrogens is 3. The molecule has 2 aromatic heterocycles. The van der Waals surface area contributed by atoms with E-state index >= 15 is 0 Å². The van der Waals surface area contributed by atoms with E-state index in [9.17, 15) is 0 Å². The molecular formula is C14H21BrN4S. The van der Waals surface area contributed by atoms with Gasteiger partial charge in [-0.15, -0.1) is 11.3 Å². The summed E-state index contributed by atoms with van der Waals surface area (Å²) in [6.07, 6.45) is 2.96. The highest BCUT2D eigenvalue weighted by atomic mass is 79.9. The first-order valence-corrected chi connectivity index (χ1v) is 8.60. The standard InChI is InChI=1S/C14H21BrN4S/c1-5-6-16-13(12-8-20-10(4)18-12)14-11(15)7-17-19(14)9(2)3/h7-9,13,16H,5-6H2,1-4H3. The lowest BCUT2D eigenvalue weighted by atomic mass is 10.1. The highest BCUT2D eigenvalue weighted by molar-refractivity contribution is 9.10. The van der Waals surface area contributed by atoms with Crippen LogP contribution >= 0.6 is 27.3 Å². The summed E-state index contributed by atoms with van der Waals surface area (Å²) in [5.74, 6) is 0. The van der Waals surface area contributed by atoms with Gasteiger partial charge in [0.15, 0.2) is 0 Å². The van der Waals surface area contributed by atoms with Gasteiger partial charge >= 0.3 is 0 Å². The Bertz CT molecular complexity index is 561. The van der Waals surface area contributed by atoms with Crippen LogP contribution in [0.1, 0.15) is 55.7 Å². The van der Waals surface area contributed by atoms with Gasteiger partial charge in [-0.2, -0.15) is 5.10 Å². The van der Waals surface area contributed by atoms with Crippen molar-refractivity contribution >= 4 is 27.3 Å². The van der Waals surface area contributed by atoms with E-state index in [-0.39, 0.29) is 6.04 Å². The first kappa shape index (κ1) is 15.7. The molecule has 0 aliphatic rings. The van der Waals surface area contributed by atoms with Crippen LogP contribution in [0, 0.1) is 6.92 Å². The summed E-state index contributed by atoms with van der Waals surface area (Å²) in [4.78, 5) is 4.66. The molecule has 0 aromatic carbocycles. The molecule has 1 atom stereocenters. The molecule has 0 saturated carbocycles. The van der Waals surface area contributed by atoms with E-state index in [2.05, 4.69) is 62.2 Å². The summed E-state index contributed by atoms with van der Waals surface area (Å²) in [6.45, 7) is 9.46. The SMILES string of the molecule is CCCNC(c1csc(C)n1)c1c(Br)cnn1C(C)C. The predicted molar refractivity (Wildman–Crippen MR) is 87.3 cm³/mol. The van der Waals surface area contributed by atoms with Crippen molar-refractivity contribution in [2.75, 3.05) is 6.54 Å². The van der Waals surface area contributed by atoms with Gasteiger partial charge in [0, 0.05) is 11.4 Å². The van der Waals surface area contributed by atoms with E-state index < -0.39 is 0 Å². The lowest BCUT2D eigenvalue weighted by molar-refractivity contribution is 0.467.